The number of anilines is 1. The van der Waals surface area contributed by atoms with Gasteiger partial charge in [0.2, 0.25) is 6.23 Å². The smallest absolute Gasteiger partial charge is 0.412 e. The number of hydrogen-bond donors (Lipinski definition) is 0. The minimum absolute atomic E-state index is 0.197. The van der Waals surface area contributed by atoms with Crippen LogP contribution in [-0.4, -0.2) is 82.7 Å². The predicted molar refractivity (Wildman–Crippen MR) is 123 cm³/mol. The first kappa shape index (κ1) is 20.9. The zero-order valence-corrected chi connectivity index (χ0v) is 19.2. The van der Waals surface area contributed by atoms with Crippen molar-refractivity contribution < 1.29 is 14.3 Å². The van der Waals surface area contributed by atoms with Crippen LogP contribution in [0, 0.1) is 0 Å². The fourth-order valence-corrected chi connectivity index (χ4v) is 6.35. The number of carbonyl (C=O) groups is 2. The molecule has 0 N–H and O–H groups in total. The molecule has 162 valence electrons. The maximum Gasteiger partial charge on any atom is 0.412 e. The van der Waals surface area contributed by atoms with Crippen LogP contribution in [0.1, 0.15) is 0 Å². The standard InChI is InChI=1S/C20H20ClN5O3S2/c1-24-6-8-25(9-7-24)20(28)29-19-16-15(30-10-11-31-16)18(27)26(19)14-3-2-12-13(21)4-5-22-17(12)23-14/h2-5,19H,6-11H2,1H3. The maximum atomic E-state index is 13.3. The van der Waals surface area contributed by atoms with Crippen molar-refractivity contribution in [2.24, 2.45) is 0 Å². The third-order valence-electron chi connectivity index (χ3n) is 5.44. The molecule has 11 heteroatoms. The number of carbonyl (C=O) groups excluding carboxylic acids is 2. The molecule has 2 amide bonds. The van der Waals surface area contributed by atoms with Crippen molar-refractivity contribution >= 4 is 64.0 Å². The van der Waals surface area contributed by atoms with Gasteiger partial charge in [0, 0.05) is 49.3 Å². The summed E-state index contributed by atoms with van der Waals surface area (Å²) in [5.41, 5.74) is 0.437. The predicted octanol–water partition coefficient (Wildman–Crippen LogP) is 3.03. The monoisotopic (exact) mass is 477 g/mol. The molecule has 8 nitrogen and oxygen atoms in total. The van der Waals surface area contributed by atoms with Gasteiger partial charge >= 0.3 is 6.09 Å². The van der Waals surface area contributed by atoms with Crippen LogP contribution in [0.5, 0.6) is 0 Å². The van der Waals surface area contributed by atoms with E-state index in [0.717, 1.165) is 29.5 Å². The molecule has 1 unspecified atom stereocenters. The van der Waals surface area contributed by atoms with Gasteiger partial charge in [0.05, 0.1) is 14.8 Å². The lowest BCUT2D eigenvalue weighted by Crippen LogP contribution is -2.49. The van der Waals surface area contributed by atoms with Gasteiger partial charge in [-0.1, -0.05) is 11.6 Å². The van der Waals surface area contributed by atoms with Crippen molar-refractivity contribution in [2.45, 2.75) is 6.23 Å². The minimum Gasteiger partial charge on any atom is -0.420 e. The lowest BCUT2D eigenvalue weighted by atomic mass is 10.3. The van der Waals surface area contributed by atoms with Crippen LogP contribution >= 0.6 is 35.1 Å². The summed E-state index contributed by atoms with van der Waals surface area (Å²) < 4.78 is 5.92. The summed E-state index contributed by atoms with van der Waals surface area (Å²) in [5, 5.41) is 1.24. The van der Waals surface area contributed by atoms with E-state index >= 15 is 0 Å². The van der Waals surface area contributed by atoms with Gasteiger partial charge in [-0.2, -0.15) is 0 Å². The van der Waals surface area contributed by atoms with Gasteiger partial charge in [-0.05, 0) is 25.2 Å². The Hall–Kier alpha value is -2.01. The molecule has 0 spiro atoms. The third kappa shape index (κ3) is 3.86. The van der Waals surface area contributed by atoms with Gasteiger partial charge in [0.15, 0.2) is 5.65 Å². The fourth-order valence-electron chi connectivity index (χ4n) is 3.73. The van der Waals surface area contributed by atoms with Crippen molar-refractivity contribution in [2.75, 3.05) is 49.6 Å². The maximum absolute atomic E-state index is 13.3. The van der Waals surface area contributed by atoms with E-state index < -0.39 is 12.3 Å². The molecule has 0 bridgehead atoms. The molecule has 1 saturated heterocycles. The Balaban J connectivity index is 1.48. The molecule has 0 aliphatic carbocycles. The topological polar surface area (TPSA) is 78.9 Å². The number of halogens is 1. The van der Waals surface area contributed by atoms with E-state index in [1.165, 1.54) is 16.7 Å². The fraction of sp³-hybridized carbons (Fsp3) is 0.400. The summed E-state index contributed by atoms with van der Waals surface area (Å²) in [7, 11) is 2.03. The van der Waals surface area contributed by atoms with Gasteiger partial charge in [-0.25, -0.2) is 19.7 Å². The largest absolute Gasteiger partial charge is 0.420 e. The average molecular weight is 478 g/mol. The van der Waals surface area contributed by atoms with E-state index in [0.29, 0.717) is 39.9 Å². The number of ether oxygens (including phenoxy) is 1. The van der Waals surface area contributed by atoms with E-state index in [9.17, 15) is 9.59 Å². The third-order valence-corrected chi connectivity index (χ3v) is 8.37. The highest BCUT2D eigenvalue weighted by molar-refractivity contribution is 8.10. The molecule has 0 aromatic carbocycles. The first-order chi connectivity index (χ1) is 15.0. The average Bonchev–Trinajstić information content (AvgIpc) is 3.06. The second kappa shape index (κ2) is 8.50. The van der Waals surface area contributed by atoms with E-state index in [1.54, 1.807) is 41.1 Å². The minimum atomic E-state index is -0.823. The number of thioether (sulfide) groups is 2. The number of nitrogens with zero attached hydrogens (tertiary/aromatic N) is 5. The summed E-state index contributed by atoms with van der Waals surface area (Å²) in [6.45, 7) is 2.78. The van der Waals surface area contributed by atoms with Crippen LogP contribution in [0.4, 0.5) is 10.6 Å². The molecular formula is C20H20ClN5O3S2. The van der Waals surface area contributed by atoms with E-state index in [-0.39, 0.29) is 5.91 Å². The molecule has 1 atom stereocenters. The van der Waals surface area contributed by atoms with Crippen LogP contribution in [0.15, 0.2) is 34.2 Å². The number of pyridine rings is 2. The highest BCUT2D eigenvalue weighted by Crippen LogP contribution is 2.45. The second-order valence-electron chi connectivity index (χ2n) is 7.43. The zero-order valence-electron chi connectivity index (χ0n) is 16.8. The Morgan fingerprint density at radius 3 is 2.74 bits per heavy atom. The Bertz CT molecular complexity index is 1090. The molecule has 3 aliphatic heterocycles. The lowest BCUT2D eigenvalue weighted by molar-refractivity contribution is -0.115. The Morgan fingerprint density at radius 2 is 1.94 bits per heavy atom. The highest BCUT2D eigenvalue weighted by Gasteiger charge is 2.45. The van der Waals surface area contributed by atoms with Gasteiger partial charge in [-0.3, -0.25) is 4.79 Å². The number of likely N-dealkylation sites (N-methyl/N-ethyl adjacent to an activating group) is 1. The molecule has 5 rings (SSSR count). The number of piperazine rings is 1. The summed E-state index contributed by atoms with van der Waals surface area (Å²) in [5.74, 6) is 1.89. The summed E-state index contributed by atoms with van der Waals surface area (Å²) in [4.78, 5) is 41.8. The van der Waals surface area contributed by atoms with Crippen LogP contribution in [0.3, 0.4) is 0 Å². The molecule has 0 saturated carbocycles. The Labute approximate surface area is 192 Å². The quantitative estimate of drug-likeness (QED) is 0.653. The van der Waals surface area contributed by atoms with Gasteiger partial charge in [0.1, 0.15) is 5.82 Å². The zero-order chi connectivity index (χ0) is 21.5. The number of aromatic nitrogens is 2. The number of fused-ring (bicyclic) bond motifs is 1. The van der Waals surface area contributed by atoms with Crippen LogP contribution in [0.2, 0.25) is 5.02 Å². The molecule has 0 radical (unpaired) electrons. The van der Waals surface area contributed by atoms with Gasteiger partial charge in [-0.15, -0.1) is 23.5 Å². The number of hydrogen-bond acceptors (Lipinski definition) is 8. The molecular weight excluding hydrogens is 458 g/mol. The van der Waals surface area contributed by atoms with Crippen molar-refractivity contribution in [1.82, 2.24) is 19.8 Å². The number of rotatable bonds is 2. The van der Waals surface area contributed by atoms with Crippen molar-refractivity contribution in [3.63, 3.8) is 0 Å². The van der Waals surface area contributed by atoms with Crippen LogP contribution in [-0.2, 0) is 9.53 Å². The number of amides is 2. The first-order valence-electron chi connectivity index (χ1n) is 9.91. The van der Waals surface area contributed by atoms with Crippen molar-refractivity contribution in [1.29, 1.82) is 0 Å². The van der Waals surface area contributed by atoms with Crippen LogP contribution < -0.4 is 4.90 Å². The summed E-state index contributed by atoms with van der Waals surface area (Å²) in [6, 6.07) is 5.20. The Kier molecular flexibility index (Phi) is 5.72. The molecule has 3 aliphatic rings. The normalized spacial score (nSPS) is 22.3. The molecule has 1 fully saturated rings. The molecule has 2 aromatic rings. The van der Waals surface area contributed by atoms with Gasteiger partial charge < -0.3 is 14.5 Å². The van der Waals surface area contributed by atoms with Crippen molar-refractivity contribution in [3.8, 4) is 0 Å². The SMILES string of the molecule is CN1CCN(C(=O)OC2C3=C(SCCS3)C(=O)N2c2ccc3c(Cl)ccnc3n2)CC1. The van der Waals surface area contributed by atoms with Crippen molar-refractivity contribution in [3.05, 3.63) is 39.2 Å². The highest BCUT2D eigenvalue weighted by atomic mass is 35.5. The summed E-state index contributed by atoms with van der Waals surface area (Å²) >= 11 is 9.31. The van der Waals surface area contributed by atoms with Gasteiger partial charge in [0.25, 0.3) is 5.91 Å². The Morgan fingerprint density at radius 1 is 1.16 bits per heavy atom. The molecule has 2 aromatic heterocycles. The van der Waals surface area contributed by atoms with Crippen LogP contribution in [0.25, 0.3) is 11.0 Å². The molecule has 31 heavy (non-hydrogen) atoms. The van der Waals surface area contributed by atoms with E-state index in [1.807, 2.05) is 7.05 Å². The second-order valence-corrected chi connectivity index (χ2v) is 10.1. The van der Waals surface area contributed by atoms with E-state index in [2.05, 4.69) is 14.9 Å². The summed E-state index contributed by atoms with van der Waals surface area (Å²) in [6.07, 6.45) is 0.340. The first-order valence-corrected chi connectivity index (χ1v) is 12.3. The molecule has 5 heterocycles. The van der Waals surface area contributed by atoms with E-state index in [4.69, 9.17) is 16.3 Å². The lowest BCUT2D eigenvalue weighted by Gasteiger charge is -2.34.